The van der Waals surface area contributed by atoms with E-state index in [4.69, 9.17) is 16.3 Å². The van der Waals surface area contributed by atoms with Crippen molar-refractivity contribution in [3.8, 4) is 5.75 Å². The Morgan fingerprint density at radius 2 is 2.05 bits per heavy atom. The summed E-state index contributed by atoms with van der Waals surface area (Å²) in [6, 6.07) is 9.49. The van der Waals surface area contributed by atoms with Gasteiger partial charge in [0.15, 0.2) is 0 Å². The first-order valence-corrected chi connectivity index (χ1v) is 8.15. The van der Waals surface area contributed by atoms with E-state index in [1.54, 1.807) is 30.5 Å². The minimum absolute atomic E-state index is 0.0142. The molecule has 0 saturated carbocycles. The molecule has 0 fully saturated rings. The summed E-state index contributed by atoms with van der Waals surface area (Å²) in [5.41, 5.74) is 1.16. The fourth-order valence-corrected chi connectivity index (χ4v) is 3.62. The van der Waals surface area contributed by atoms with Crippen molar-refractivity contribution in [3.05, 3.63) is 47.6 Å². The molecule has 2 aromatic carbocycles. The van der Waals surface area contributed by atoms with E-state index < -0.39 is 10.0 Å². The Kier molecular flexibility index (Phi) is 3.67. The van der Waals surface area contributed by atoms with Crippen molar-refractivity contribution in [2.24, 2.45) is 0 Å². The van der Waals surface area contributed by atoms with Gasteiger partial charge in [0.2, 0.25) is 0 Å². The minimum atomic E-state index is -3.79. The number of rotatable bonds is 4. The van der Waals surface area contributed by atoms with Gasteiger partial charge >= 0.3 is 0 Å². The van der Waals surface area contributed by atoms with Crippen LogP contribution in [0.25, 0.3) is 10.9 Å². The number of ether oxygens (including phenoxy) is 1. The molecule has 22 heavy (non-hydrogen) atoms. The van der Waals surface area contributed by atoms with Crippen LogP contribution in [0.1, 0.15) is 0 Å². The first-order valence-electron chi connectivity index (χ1n) is 6.29. The average molecular weight is 338 g/mol. The van der Waals surface area contributed by atoms with E-state index in [2.05, 4.69) is 14.9 Å². The standard InChI is InChI=1S/C14H12ClN3O3S/c1-21-11-4-5-14(12(15)7-11)22(19,20)18-10-3-2-9-8-16-17-13(9)6-10/h2-8,18H,1H3,(H,16,17). The molecule has 0 aliphatic rings. The molecule has 0 spiro atoms. The first-order chi connectivity index (χ1) is 10.5. The number of methoxy groups -OCH3 is 1. The Morgan fingerprint density at radius 1 is 1.23 bits per heavy atom. The van der Waals surface area contributed by atoms with E-state index in [-0.39, 0.29) is 9.92 Å². The fraction of sp³-hybridized carbons (Fsp3) is 0.0714. The number of hydrogen-bond donors (Lipinski definition) is 2. The number of fused-ring (bicyclic) bond motifs is 1. The van der Waals surface area contributed by atoms with Crippen LogP contribution in [0.2, 0.25) is 5.02 Å². The van der Waals surface area contributed by atoms with E-state index in [1.807, 2.05) is 0 Å². The maximum absolute atomic E-state index is 12.4. The highest BCUT2D eigenvalue weighted by Gasteiger charge is 2.18. The van der Waals surface area contributed by atoms with Crippen molar-refractivity contribution in [1.29, 1.82) is 0 Å². The molecule has 2 N–H and O–H groups in total. The number of aromatic nitrogens is 2. The zero-order valence-electron chi connectivity index (χ0n) is 11.5. The molecule has 114 valence electrons. The normalized spacial score (nSPS) is 11.5. The molecule has 1 aromatic heterocycles. The molecule has 0 aliphatic carbocycles. The predicted octanol–water partition coefficient (Wildman–Crippen LogP) is 3.03. The Balaban J connectivity index is 1.95. The summed E-state index contributed by atoms with van der Waals surface area (Å²) in [6.45, 7) is 0. The van der Waals surface area contributed by atoms with Gasteiger partial charge < -0.3 is 4.74 Å². The van der Waals surface area contributed by atoms with Crippen molar-refractivity contribution >= 4 is 38.2 Å². The quantitative estimate of drug-likeness (QED) is 0.766. The lowest BCUT2D eigenvalue weighted by Crippen LogP contribution is -2.13. The molecular formula is C14H12ClN3O3S. The Morgan fingerprint density at radius 3 is 2.77 bits per heavy atom. The third-order valence-electron chi connectivity index (χ3n) is 3.12. The number of sulfonamides is 1. The number of H-pyrrole nitrogens is 1. The third-order valence-corrected chi connectivity index (χ3v) is 4.99. The number of aromatic amines is 1. The van der Waals surface area contributed by atoms with Gasteiger partial charge in [0, 0.05) is 11.5 Å². The molecule has 0 atom stereocenters. The fourth-order valence-electron chi connectivity index (χ4n) is 2.04. The van der Waals surface area contributed by atoms with E-state index in [0.717, 1.165) is 10.9 Å². The maximum atomic E-state index is 12.4. The monoisotopic (exact) mass is 337 g/mol. The second kappa shape index (κ2) is 5.51. The highest BCUT2D eigenvalue weighted by atomic mass is 35.5. The van der Waals surface area contributed by atoms with Crippen LogP contribution in [-0.4, -0.2) is 25.7 Å². The lowest BCUT2D eigenvalue weighted by molar-refractivity contribution is 0.414. The smallest absolute Gasteiger partial charge is 0.263 e. The van der Waals surface area contributed by atoms with Gasteiger partial charge in [-0.15, -0.1) is 0 Å². The maximum Gasteiger partial charge on any atom is 0.263 e. The van der Waals surface area contributed by atoms with Gasteiger partial charge in [-0.1, -0.05) is 11.6 Å². The van der Waals surface area contributed by atoms with Crippen LogP contribution in [0.3, 0.4) is 0 Å². The molecule has 0 amide bonds. The van der Waals surface area contributed by atoms with Crippen molar-refractivity contribution in [3.63, 3.8) is 0 Å². The van der Waals surface area contributed by atoms with Crippen LogP contribution in [0.5, 0.6) is 5.75 Å². The number of halogens is 1. The molecule has 0 aliphatic heterocycles. The summed E-state index contributed by atoms with van der Waals surface area (Å²) >= 11 is 6.02. The van der Waals surface area contributed by atoms with E-state index in [9.17, 15) is 8.42 Å². The highest BCUT2D eigenvalue weighted by Crippen LogP contribution is 2.28. The third kappa shape index (κ3) is 2.72. The van der Waals surface area contributed by atoms with Crippen molar-refractivity contribution in [2.45, 2.75) is 4.90 Å². The van der Waals surface area contributed by atoms with Gasteiger partial charge in [-0.05, 0) is 30.3 Å². The van der Waals surface area contributed by atoms with Gasteiger partial charge in [-0.25, -0.2) is 8.42 Å². The van der Waals surface area contributed by atoms with Crippen molar-refractivity contribution in [2.75, 3.05) is 11.8 Å². The number of hydrogen-bond acceptors (Lipinski definition) is 4. The van der Waals surface area contributed by atoms with Crippen LogP contribution in [0, 0.1) is 0 Å². The van der Waals surface area contributed by atoms with Gasteiger partial charge in [0.25, 0.3) is 10.0 Å². The Labute approximate surface area is 132 Å². The number of nitrogens with one attached hydrogen (secondary N) is 2. The van der Waals surface area contributed by atoms with E-state index in [0.29, 0.717) is 11.4 Å². The summed E-state index contributed by atoms with van der Waals surface area (Å²) in [6.07, 6.45) is 1.66. The number of benzene rings is 2. The minimum Gasteiger partial charge on any atom is -0.497 e. The lowest BCUT2D eigenvalue weighted by Gasteiger charge is -2.10. The number of nitrogens with zero attached hydrogens (tertiary/aromatic N) is 1. The first kappa shape index (κ1) is 14.7. The second-order valence-corrected chi connectivity index (χ2v) is 6.63. The summed E-state index contributed by atoms with van der Waals surface area (Å²) in [7, 11) is -2.31. The molecule has 0 radical (unpaired) electrons. The zero-order valence-corrected chi connectivity index (χ0v) is 13.1. The molecule has 0 bridgehead atoms. The topological polar surface area (TPSA) is 84.1 Å². The largest absolute Gasteiger partial charge is 0.497 e. The van der Waals surface area contributed by atoms with Crippen LogP contribution >= 0.6 is 11.6 Å². The number of anilines is 1. The molecule has 1 heterocycles. The summed E-state index contributed by atoms with van der Waals surface area (Å²) < 4.78 is 32.4. The molecule has 8 heteroatoms. The van der Waals surface area contributed by atoms with Gasteiger partial charge in [0.05, 0.1) is 29.5 Å². The van der Waals surface area contributed by atoms with Crippen LogP contribution in [0.15, 0.2) is 47.5 Å². The van der Waals surface area contributed by atoms with Gasteiger partial charge in [-0.3, -0.25) is 9.82 Å². The summed E-state index contributed by atoms with van der Waals surface area (Å²) in [4.78, 5) is -0.0142. The molecule has 0 saturated heterocycles. The Bertz CT molecular complexity index is 937. The second-order valence-electron chi connectivity index (χ2n) is 4.57. The van der Waals surface area contributed by atoms with E-state index >= 15 is 0 Å². The van der Waals surface area contributed by atoms with Gasteiger partial charge in [-0.2, -0.15) is 5.10 Å². The lowest BCUT2D eigenvalue weighted by atomic mass is 10.2. The Hall–Kier alpha value is -2.25. The highest BCUT2D eigenvalue weighted by molar-refractivity contribution is 7.92. The average Bonchev–Trinajstić information content (AvgIpc) is 2.93. The van der Waals surface area contributed by atoms with Crippen LogP contribution in [-0.2, 0) is 10.0 Å². The molecule has 3 aromatic rings. The van der Waals surface area contributed by atoms with Crippen molar-refractivity contribution < 1.29 is 13.2 Å². The van der Waals surface area contributed by atoms with Crippen molar-refractivity contribution in [1.82, 2.24) is 10.2 Å². The zero-order chi connectivity index (χ0) is 15.7. The van der Waals surface area contributed by atoms with Gasteiger partial charge in [0.1, 0.15) is 10.6 Å². The van der Waals surface area contributed by atoms with Crippen LogP contribution in [0.4, 0.5) is 5.69 Å². The van der Waals surface area contributed by atoms with E-state index in [1.165, 1.54) is 19.2 Å². The predicted molar refractivity (Wildman–Crippen MR) is 84.9 cm³/mol. The molecule has 3 rings (SSSR count). The molecular weight excluding hydrogens is 326 g/mol. The van der Waals surface area contributed by atoms with Crippen LogP contribution < -0.4 is 9.46 Å². The summed E-state index contributed by atoms with van der Waals surface area (Å²) in [5, 5.41) is 7.66. The SMILES string of the molecule is COc1ccc(S(=O)(=O)Nc2ccc3cn[nH]c3c2)c(Cl)c1. The molecule has 0 unspecified atom stereocenters. The summed E-state index contributed by atoms with van der Waals surface area (Å²) in [5.74, 6) is 0.489. The molecule has 6 nitrogen and oxygen atoms in total.